The number of hydrogen-bond donors (Lipinski definition) is 0. The molecule has 1 atom stereocenters. The Morgan fingerprint density at radius 2 is 1.96 bits per heavy atom. The van der Waals surface area contributed by atoms with Crippen molar-refractivity contribution < 1.29 is 14.3 Å². The molecule has 0 aliphatic carbocycles. The minimum absolute atomic E-state index is 0.206. The molecule has 3 rings (SSSR count). The largest absolute Gasteiger partial charge is 0.466 e. The summed E-state index contributed by atoms with van der Waals surface area (Å²) in [6.45, 7) is 5.18. The number of aryl methyl sites for hydroxylation is 1. The SMILES string of the molecule is CCOC(=O)C1CCCN(C(=O)c2nn(CC)c(=O)c3ccccc23)C1. The van der Waals surface area contributed by atoms with Crippen LogP contribution in [0.25, 0.3) is 10.8 Å². The Morgan fingerprint density at radius 1 is 1.23 bits per heavy atom. The van der Waals surface area contributed by atoms with E-state index in [1.54, 1.807) is 36.1 Å². The van der Waals surface area contributed by atoms with Gasteiger partial charge in [0.2, 0.25) is 0 Å². The average Bonchev–Trinajstić information content (AvgIpc) is 2.68. The second kappa shape index (κ2) is 7.68. The zero-order valence-electron chi connectivity index (χ0n) is 15.1. The van der Waals surface area contributed by atoms with E-state index in [-0.39, 0.29) is 29.0 Å². The van der Waals surface area contributed by atoms with Crippen molar-refractivity contribution in [1.82, 2.24) is 14.7 Å². The van der Waals surface area contributed by atoms with Gasteiger partial charge in [0.05, 0.1) is 17.9 Å². The van der Waals surface area contributed by atoms with Crippen LogP contribution in [0.2, 0.25) is 0 Å². The molecule has 1 amide bonds. The number of carbonyl (C=O) groups is 2. The number of piperidine rings is 1. The summed E-state index contributed by atoms with van der Waals surface area (Å²) in [5.41, 5.74) is 0.0502. The molecule has 0 saturated carbocycles. The van der Waals surface area contributed by atoms with Crippen LogP contribution in [0.5, 0.6) is 0 Å². The summed E-state index contributed by atoms with van der Waals surface area (Å²) in [5.74, 6) is -0.824. The number of rotatable bonds is 4. The molecule has 1 aromatic heterocycles. The Morgan fingerprint density at radius 3 is 2.65 bits per heavy atom. The monoisotopic (exact) mass is 357 g/mol. The van der Waals surface area contributed by atoms with E-state index >= 15 is 0 Å². The van der Waals surface area contributed by atoms with Gasteiger partial charge in [0.25, 0.3) is 11.5 Å². The van der Waals surface area contributed by atoms with Crippen LogP contribution in [-0.2, 0) is 16.1 Å². The van der Waals surface area contributed by atoms with Crippen LogP contribution in [0.3, 0.4) is 0 Å². The summed E-state index contributed by atoms with van der Waals surface area (Å²) in [6, 6.07) is 7.01. The molecular formula is C19H23N3O4. The van der Waals surface area contributed by atoms with E-state index in [2.05, 4.69) is 5.10 Å². The smallest absolute Gasteiger partial charge is 0.310 e. The van der Waals surface area contributed by atoms with Gasteiger partial charge >= 0.3 is 5.97 Å². The highest BCUT2D eigenvalue weighted by Gasteiger charge is 2.31. The number of carbonyl (C=O) groups excluding carboxylic acids is 2. The number of ether oxygens (including phenoxy) is 1. The van der Waals surface area contributed by atoms with Crippen molar-refractivity contribution in [2.75, 3.05) is 19.7 Å². The highest BCUT2D eigenvalue weighted by Crippen LogP contribution is 2.22. The van der Waals surface area contributed by atoms with Crippen LogP contribution in [-0.4, -0.2) is 46.3 Å². The highest BCUT2D eigenvalue weighted by atomic mass is 16.5. The van der Waals surface area contributed by atoms with E-state index in [1.165, 1.54) is 4.68 Å². The second-order valence-electron chi connectivity index (χ2n) is 6.36. The van der Waals surface area contributed by atoms with Gasteiger partial charge in [0.15, 0.2) is 5.69 Å². The van der Waals surface area contributed by atoms with E-state index in [4.69, 9.17) is 4.74 Å². The third kappa shape index (κ3) is 3.34. The van der Waals surface area contributed by atoms with Crippen molar-refractivity contribution in [3.05, 3.63) is 40.3 Å². The molecule has 1 fully saturated rings. The molecule has 7 heteroatoms. The molecule has 1 unspecified atom stereocenters. The van der Waals surface area contributed by atoms with Gasteiger partial charge in [-0.3, -0.25) is 14.4 Å². The molecule has 138 valence electrons. The van der Waals surface area contributed by atoms with Gasteiger partial charge in [-0.25, -0.2) is 4.68 Å². The Bertz CT molecular complexity index is 890. The van der Waals surface area contributed by atoms with Crippen LogP contribution < -0.4 is 5.56 Å². The molecule has 2 aromatic rings. The summed E-state index contributed by atoms with van der Waals surface area (Å²) >= 11 is 0. The fourth-order valence-corrected chi connectivity index (χ4v) is 3.37. The van der Waals surface area contributed by atoms with E-state index in [9.17, 15) is 14.4 Å². The first-order valence-corrected chi connectivity index (χ1v) is 9.02. The Hall–Kier alpha value is -2.70. The first-order chi connectivity index (χ1) is 12.6. The zero-order chi connectivity index (χ0) is 18.7. The maximum Gasteiger partial charge on any atom is 0.310 e. The number of amides is 1. The molecule has 1 aliphatic rings. The molecule has 1 saturated heterocycles. The predicted octanol–water partition coefficient (Wildman–Crippen LogP) is 1.83. The first-order valence-electron chi connectivity index (χ1n) is 9.02. The molecule has 0 radical (unpaired) electrons. The number of aromatic nitrogens is 2. The van der Waals surface area contributed by atoms with Gasteiger partial charge in [0.1, 0.15) is 0 Å². The van der Waals surface area contributed by atoms with Crippen molar-refractivity contribution in [2.24, 2.45) is 5.92 Å². The third-order valence-corrected chi connectivity index (χ3v) is 4.70. The lowest BCUT2D eigenvalue weighted by molar-refractivity contribution is -0.149. The van der Waals surface area contributed by atoms with E-state index in [0.29, 0.717) is 43.4 Å². The maximum atomic E-state index is 13.1. The lowest BCUT2D eigenvalue weighted by Crippen LogP contribution is -2.43. The Kier molecular flexibility index (Phi) is 5.35. The topological polar surface area (TPSA) is 81.5 Å². The zero-order valence-corrected chi connectivity index (χ0v) is 15.1. The highest BCUT2D eigenvalue weighted by molar-refractivity contribution is 6.04. The second-order valence-corrected chi connectivity index (χ2v) is 6.36. The van der Waals surface area contributed by atoms with Crippen molar-refractivity contribution in [3.63, 3.8) is 0 Å². The van der Waals surface area contributed by atoms with Crippen LogP contribution in [0.4, 0.5) is 0 Å². The Labute approximate surface area is 151 Å². The van der Waals surface area contributed by atoms with Crippen molar-refractivity contribution in [3.8, 4) is 0 Å². The van der Waals surface area contributed by atoms with Crippen LogP contribution >= 0.6 is 0 Å². The molecule has 0 bridgehead atoms. The molecule has 2 heterocycles. The lowest BCUT2D eigenvalue weighted by atomic mass is 9.97. The molecule has 1 aliphatic heterocycles. The Balaban J connectivity index is 1.96. The quantitative estimate of drug-likeness (QED) is 0.780. The normalized spacial score (nSPS) is 17.3. The average molecular weight is 357 g/mol. The molecule has 7 nitrogen and oxygen atoms in total. The minimum atomic E-state index is -0.309. The van der Waals surface area contributed by atoms with E-state index in [1.807, 2.05) is 6.92 Å². The number of likely N-dealkylation sites (tertiary alicyclic amines) is 1. The van der Waals surface area contributed by atoms with Crippen LogP contribution in [0.15, 0.2) is 29.1 Å². The van der Waals surface area contributed by atoms with Gasteiger partial charge in [-0.2, -0.15) is 5.10 Å². The molecule has 0 N–H and O–H groups in total. The van der Waals surface area contributed by atoms with Gasteiger partial charge in [0, 0.05) is 25.0 Å². The number of esters is 1. The number of benzene rings is 1. The number of nitrogens with zero attached hydrogens (tertiary/aromatic N) is 3. The molecule has 1 aromatic carbocycles. The number of fused-ring (bicyclic) bond motifs is 1. The fraction of sp³-hybridized carbons (Fsp3) is 0.474. The van der Waals surface area contributed by atoms with Crippen LogP contribution in [0.1, 0.15) is 37.2 Å². The van der Waals surface area contributed by atoms with Gasteiger partial charge in [-0.15, -0.1) is 0 Å². The van der Waals surface area contributed by atoms with E-state index in [0.717, 1.165) is 6.42 Å². The van der Waals surface area contributed by atoms with Gasteiger partial charge in [-0.05, 0) is 32.8 Å². The van der Waals surface area contributed by atoms with Crippen molar-refractivity contribution >= 4 is 22.6 Å². The van der Waals surface area contributed by atoms with Crippen molar-refractivity contribution in [2.45, 2.75) is 33.2 Å². The maximum absolute atomic E-state index is 13.1. The van der Waals surface area contributed by atoms with E-state index < -0.39 is 0 Å². The van der Waals surface area contributed by atoms with Crippen LogP contribution in [0, 0.1) is 5.92 Å². The molecule has 26 heavy (non-hydrogen) atoms. The van der Waals surface area contributed by atoms with Gasteiger partial charge in [-0.1, -0.05) is 18.2 Å². The first kappa shape index (κ1) is 18.1. The molecule has 0 spiro atoms. The summed E-state index contributed by atoms with van der Waals surface area (Å²) in [7, 11) is 0. The predicted molar refractivity (Wildman–Crippen MR) is 96.9 cm³/mol. The third-order valence-electron chi connectivity index (χ3n) is 4.70. The minimum Gasteiger partial charge on any atom is -0.466 e. The summed E-state index contributed by atoms with van der Waals surface area (Å²) < 4.78 is 6.41. The van der Waals surface area contributed by atoms with Gasteiger partial charge < -0.3 is 9.64 Å². The van der Waals surface area contributed by atoms with Crippen molar-refractivity contribution in [1.29, 1.82) is 0 Å². The standard InChI is InChI=1S/C19H23N3O4/c1-3-22-17(23)15-10-6-5-9-14(15)16(20-22)18(24)21-11-7-8-13(12-21)19(25)26-4-2/h5-6,9-10,13H,3-4,7-8,11-12H2,1-2H3. The molecular weight excluding hydrogens is 334 g/mol. The lowest BCUT2D eigenvalue weighted by Gasteiger charge is -2.31. The summed E-state index contributed by atoms with van der Waals surface area (Å²) in [4.78, 5) is 39.2. The fourth-order valence-electron chi connectivity index (χ4n) is 3.37. The number of hydrogen-bond acceptors (Lipinski definition) is 5. The summed E-state index contributed by atoms with van der Waals surface area (Å²) in [6.07, 6.45) is 1.45. The summed E-state index contributed by atoms with van der Waals surface area (Å²) in [5, 5.41) is 5.32.